The van der Waals surface area contributed by atoms with Gasteiger partial charge in [-0.05, 0) is 67.5 Å². The molecular formula is C27H31Cl2NO3. The molecule has 176 valence electrons. The Balaban J connectivity index is 1.68. The Morgan fingerprint density at radius 3 is 2.33 bits per heavy atom. The molecule has 0 saturated carbocycles. The summed E-state index contributed by atoms with van der Waals surface area (Å²) < 4.78 is 2.09. The minimum Gasteiger partial charge on any atom is -0.481 e. The average molecular weight is 488 g/mol. The van der Waals surface area contributed by atoms with Gasteiger partial charge in [-0.15, -0.1) is 0 Å². The third-order valence-electron chi connectivity index (χ3n) is 6.14. The number of carbonyl (C=O) groups excluding carboxylic acids is 1. The monoisotopic (exact) mass is 487 g/mol. The lowest BCUT2D eigenvalue weighted by atomic mass is 9.94. The Morgan fingerprint density at radius 1 is 0.939 bits per heavy atom. The van der Waals surface area contributed by atoms with Gasteiger partial charge in [0.15, 0.2) is 5.78 Å². The number of halogens is 2. The first-order chi connectivity index (χ1) is 15.8. The van der Waals surface area contributed by atoms with Crippen LogP contribution in [-0.4, -0.2) is 21.4 Å². The van der Waals surface area contributed by atoms with Crippen LogP contribution in [0.2, 0.25) is 10.0 Å². The Hall–Kier alpha value is -2.30. The average Bonchev–Trinajstić information content (AvgIpc) is 3.01. The molecule has 0 bridgehead atoms. The van der Waals surface area contributed by atoms with Crippen LogP contribution in [-0.2, 0) is 24.7 Å². The van der Waals surface area contributed by atoms with Crippen LogP contribution in [0.15, 0.2) is 42.5 Å². The quantitative estimate of drug-likeness (QED) is 0.212. The van der Waals surface area contributed by atoms with Gasteiger partial charge in [-0.25, -0.2) is 0 Å². The van der Waals surface area contributed by atoms with Crippen LogP contribution in [0, 0.1) is 5.92 Å². The molecule has 1 N–H and O–H groups in total. The molecule has 0 unspecified atom stereocenters. The van der Waals surface area contributed by atoms with Gasteiger partial charge in [0.05, 0.1) is 0 Å². The molecule has 1 atom stereocenters. The van der Waals surface area contributed by atoms with Crippen molar-refractivity contribution in [2.24, 2.45) is 13.0 Å². The number of carbonyl (C=O) groups is 2. The fraction of sp³-hybridized carbons (Fsp3) is 0.407. The zero-order valence-electron chi connectivity index (χ0n) is 19.2. The van der Waals surface area contributed by atoms with Gasteiger partial charge in [0.25, 0.3) is 0 Å². The van der Waals surface area contributed by atoms with E-state index in [9.17, 15) is 9.59 Å². The number of ketones is 1. The largest absolute Gasteiger partial charge is 0.481 e. The molecule has 4 nitrogen and oxygen atoms in total. The first-order valence-electron chi connectivity index (χ1n) is 11.5. The number of benzene rings is 2. The predicted molar refractivity (Wildman–Crippen MR) is 136 cm³/mol. The van der Waals surface area contributed by atoms with Gasteiger partial charge in [0.1, 0.15) is 0 Å². The second-order valence-corrected chi connectivity index (χ2v) is 9.79. The Morgan fingerprint density at radius 2 is 1.64 bits per heavy atom. The zero-order chi connectivity index (χ0) is 24.0. The fourth-order valence-corrected chi connectivity index (χ4v) is 4.91. The molecule has 2 aromatic carbocycles. The van der Waals surface area contributed by atoms with Crippen LogP contribution in [0.25, 0.3) is 10.9 Å². The zero-order valence-corrected chi connectivity index (χ0v) is 20.8. The maximum Gasteiger partial charge on any atom is 0.303 e. The molecule has 3 rings (SSSR count). The number of unbranched alkanes of at least 4 members (excludes halogenated alkanes) is 3. The molecule has 0 fully saturated rings. The molecule has 1 aromatic heterocycles. The Kier molecular flexibility index (Phi) is 8.99. The predicted octanol–water partition coefficient (Wildman–Crippen LogP) is 7.51. The standard InChI is InChI=1S/C27H31Cl2NO3/c1-18(15-26(32)33)14-25(31)27-22-17-21(29)12-13-23(22)30(2)24(27)11-6-4-3-5-8-19-9-7-10-20(28)16-19/h7,9-10,12-13,16-18H,3-6,8,11,14-15H2,1-2H3,(H,32,33)/t18-/m0/s1. The minimum atomic E-state index is -0.880. The van der Waals surface area contributed by atoms with Crippen molar-refractivity contribution < 1.29 is 14.7 Å². The van der Waals surface area contributed by atoms with E-state index < -0.39 is 5.97 Å². The summed E-state index contributed by atoms with van der Waals surface area (Å²) in [6.07, 6.45) is 6.28. The van der Waals surface area contributed by atoms with Gasteiger partial charge in [-0.1, -0.05) is 55.1 Å². The molecule has 33 heavy (non-hydrogen) atoms. The van der Waals surface area contributed by atoms with E-state index in [1.165, 1.54) is 5.56 Å². The lowest BCUT2D eigenvalue weighted by molar-refractivity contribution is -0.137. The maximum absolute atomic E-state index is 13.3. The van der Waals surface area contributed by atoms with Crippen LogP contribution in [0.5, 0.6) is 0 Å². The topological polar surface area (TPSA) is 59.3 Å². The normalized spacial score (nSPS) is 12.2. The summed E-state index contributed by atoms with van der Waals surface area (Å²) in [6, 6.07) is 13.6. The number of carboxylic acid groups (broad SMARTS) is 1. The van der Waals surface area contributed by atoms with E-state index in [0.717, 1.165) is 60.1 Å². The van der Waals surface area contributed by atoms with Crippen molar-refractivity contribution in [1.29, 1.82) is 0 Å². The van der Waals surface area contributed by atoms with Crippen molar-refractivity contribution in [2.75, 3.05) is 0 Å². The van der Waals surface area contributed by atoms with Crippen LogP contribution in [0.1, 0.15) is 67.1 Å². The number of carboxylic acids is 1. The van der Waals surface area contributed by atoms with Gasteiger partial charge in [0, 0.05) is 52.1 Å². The lowest BCUT2D eigenvalue weighted by Crippen LogP contribution is -2.12. The number of aliphatic carboxylic acids is 1. The van der Waals surface area contributed by atoms with Crippen LogP contribution in [0.4, 0.5) is 0 Å². The van der Waals surface area contributed by atoms with E-state index in [2.05, 4.69) is 10.6 Å². The number of rotatable bonds is 12. The van der Waals surface area contributed by atoms with E-state index in [0.29, 0.717) is 10.6 Å². The highest BCUT2D eigenvalue weighted by Gasteiger charge is 2.23. The summed E-state index contributed by atoms with van der Waals surface area (Å²) in [4.78, 5) is 24.3. The highest BCUT2D eigenvalue weighted by atomic mass is 35.5. The summed E-state index contributed by atoms with van der Waals surface area (Å²) >= 11 is 12.3. The van der Waals surface area contributed by atoms with Crippen LogP contribution >= 0.6 is 23.2 Å². The Labute approximate surface area is 205 Å². The highest BCUT2D eigenvalue weighted by molar-refractivity contribution is 6.31. The van der Waals surface area contributed by atoms with Crippen molar-refractivity contribution in [3.8, 4) is 0 Å². The number of aromatic nitrogens is 1. The van der Waals surface area contributed by atoms with Crippen molar-refractivity contribution in [3.63, 3.8) is 0 Å². The smallest absolute Gasteiger partial charge is 0.303 e. The van der Waals surface area contributed by atoms with Crippen molar-refractivity contribution >= 4 is 45.9 Å². The third-order valence-corrected chi connectivity index (χ3v) is 6.61. The van der Waals surface area contributed by atoms with Crippen molar-refractivity contribution in [2.45, 2.75) is 58.3 Å². The summed E-state index contributed by atoms with van der Waals surface area (Å²) in [5, 5.41) is 11.3. The van der Waals surface area contributed by atoms with Gasteiger partial charge in [-0.3, -0.25) is 9.59 Å². The summed E-state index contributed by atoms with van der Waals surface area (Å²) in [6.45, 7) is 1.81. The van der Waals surface area contributed by atoms with E-state index in [1.54, 1.807) is 0 Å². The number of hydrogen-bond acceptors (Lipinski definition) is 2. The first kappa shape index (κ1) is 25.3. The second kappa shape index (κ2) is 11.7. The van der Waals surface area contributed by atoms with Crippen LogP contribution in [0.3, 0.4) is 0 Å². The Bertz CT molecular complexity index is 1140. The number of Topliss-reactive ketones (excluding diaryl/α,β-unsaturated/α-hetero) is 1. The summed E-state index contributed by atoms with van der Waals surface area (Å²) in [5.41, 5.74) is 3.95. The SMILES string of the molecule is C[C@H](CC(=O)O)CC(=O)c1c(CCCCCCc2cccc(Cl)c2)n(C)c2ccc(Cl)cc12. The first-order valence-corrected chi connectivity index (χ1v) is 12.3. The van der Waals surface area contributed by atoms with Crippen molar-refractivity contribution in [1.82, 2.24) is 4.57 Å². The van der Waals surface area contributed by atoms with E-state index in [-0.39, 0.29) is 24.5 Å². The molecule has 0 amide bonds. The highest BCUT2D eigenvalue weighted by Crippen LogP contribution is 2.31. The van der Waals surface area contributed by atoms with Crippen LogP contribution < -0.4 is 0 Å². The minimum absolute atomic E-state index is 0.00688. The number of nitrogens with zero attached hydrogens (tertiary/aromatic N) is 1. The second-order valence-electron chi connectivity index (χ2n) is 8.92. The fourth-order valence-electron chi connectivity index (χ4n) is 4.53. The van der Waals surface area contributed by atoms with E-state index in [1.807, 2.05) is 50.4 Å². The molecule has 0 radical (unpaired) electrons. The molecule has 0 aliphatic heterocycles. The maximum atomic E-state index is 13.3. The van der Waals surface area contributed by atoms with E-state index in [4.69, 9.17) is 28.3 Å². The molecule has 0 saturated heterocycles. The molecule has 0 aliphatic carbocycles. The van der Waals surface area contributed by atoms with Gasteiger partial charge in [0.2, 0.25) is 0 Å². The van der Waals surface area contributed by atoms with E-state index >= 15 is 0 Å². The number of aryl methyl sites for hydroxylation is 2. The number of fused-ring (bicyclic) bond motifs is 1. The molecule has 0 spiro atoms. The van der Waals surface area contributed by atoms with Gasteiger partial charge >= 0.3 is 5.97 Å². The molecule has 0 aliphatic rings. The number of hydrogen-bond donors (Lipinski definition) is 1. The molecule has 1 heterocycles. The molecule has 3 aromatic rings. The summed E-state index contributed by atoms with van der Waals surface area (Å²) in [7, 11) is 1.99. The lowest BCUT2D eigenvalue weighted by Gasteiger charge is -2.11. The third kappa shape index (κ3) is 6.84. The van der Waals surface area contributed by atoms with Crippen molar-refractivity contribution in [3.05, 3.63) is 69.3 Å². The van der Waals surface area contributed by atoms with Gasteiger partial charge in [-0.2, -0.15) is 0 Å². The molecule has 6 heteroatoms. The van der Waals surface area contributed by atoms with Gasteiger partial charge < -0.3 is 9.67 Å². The summed E-state index contributed by atoms with van der Waals surface area (Å²) in [5.74, 6) is -1.11. The molecular weight excluding hydrogens is 457 g/mol.